The van der Waals surface area contributed by atoms with Gasteiger partial charge in [-0.2, -0.15) is 0 Å². The number of nitrogens with zero attached hydrogens (tertiary/aromatic N) is 2. The standard InChI is InChI=1S/C18H15ClN4/c1-10-11(2)21-17(20-10)13-5-3-4-6-14(13)18-22-15-8-7-12(19)9-16(15)23-18/h3-9H,1-2H3,(H,20,21)(H,22,23). The average molecular weight is 323 g/mol. The second-order valence-electron chi connectivity index (χ2n) is 5.59. The van der Waals surface area contributed by atoms with Crippen molar-refractivity contribution in [2.45, 2.75) is 13.8 Å². The largest absolute Gasteiger partial charge is 0.342 e. The number of halogens is 1. The molecule has 23 heavy (non-hydrogen) atoms. The van der Waals surface area contributed by atoms with Crippen LogP contribution >= 0.6 is 11.6 Å². The molecule has 2 heterocycles. The van der Waals surface area contributed by atoms with Gasteiger partial charge in [0, 0.05) is 21.8 Å². The van der Waals surface area contributed by atoms with Gasteiger partial charge in [-0.1, -0.05) is 35.9 Å². The lowest BCUT2D eigenvalue weighted by molar-refractivity contribution is 1.22. The molecule has 0 saturated heterocycles. The Balaban J connectivity index is 1.91. The molecule has 0 radical (unpaired) electrons. The first-order chi connectivity index (χ1) is 11.1. The van der Waals surface area contributed by atoms with E-state index >= 15 is 0 Å². The highest BCUT2D eigenvalue weighted by Gasteiger charge is 2.14. The first kappa shape index (κ1) is 14.0. The van der Waals surface area contributed by atoms with E-state index in [2.05, 4.69) is 19.9 Å². The van der Waals surface area contributed by atoms with Crippen molar-refractivity contribution >= 4 is 22.6 Å². The van der Waals surface area contributed by atoms with Crippen molar-refractivity contribution in [1.29, 1.82) is 0 Å². The van der Waals surface area contributed by atoms with Crippen LogP contribution in [0.1, 0.15) is 11.4 Å². The third-order valence-corrected chi connectivity index (χ3v) is 4.24. The van der Waals surface area contributed by atoms with Crippen molar-refractivity contribution < 1.29 is 0 Å². The minimum atomic E-state index is 0.693. The van der Waals surface area contributed by atoms with Crippen LogP contribution < -0.4 is 0 Å². The van der Waals surface area contributed by atoms with Crippen LogP contribution in [0, 0.1) is 13.8 Å². The zero-order valence-electron chi connectivity index (χ0n) is 12.8. The lowest BCUT2D eigenvalue weighted by atomic mass is 10.1. The van der Waals surface area contributed by atoms with Gasteiger partial charge in [0.25, 0.3) is 0 Å². The summed E-state index contributed by atoms with van der Waals surface area (Å²) in [4.78, 5) is 16.0. The molecule has 0 aliphatic heterocycles. The molecular formula is C18H15ClN4. The topological polar surface area (TPSA) is 57.4 Å². The average Bonchev–Trinajstić information content (AvgIpc) is 3.10. The van der Waals surface area contributed by atoms with Crippen LogP contribution in [-0.2, 0) is 0 Å². The van der Waals surface area contributed by atoms with E-state index in [-0.39, 0.29) is 0 Å². The normalized spacial score (nSPS) is 11.3. The number of aromatic nitrogens is 4. The Morgan fingerprint density at radius 1 is 0.870 bits per heavy atom. The Kier molecular flexibility index (Phi) is 3.20. The van der Waals surface area contributed by atoms with Crippen LogP contribution in [0.25, 0.3) is 33.8 Å². The quantitative estimate of drug-likeness (QED) is 0.552. The molecule has 0 saturated carbocycles. The first-order valence-electron chi connectivity index (χ1n) is 7.40. The maximum atomic E-state index is 6.06. The van der Waals surface area contributed by atoms with Gasteiger partial charge in [0.1, 0.15) is 11.6 Å². The molecule has 2 aromatic heterocycles. The summed E-state index contributed by atoms with van der Waals surface area (Å²) in [6, 6.07) is 13.8. The number of hydrogen-bond donors (Lipinski definition) is 2. The maximum Gasteiger partial charge on any atom is 0.139 e. The van der Waals surface area contributed by atoms with Gasteiger partial charge in [-0.25, -0.2) is 9.97 Å². The van der Waals surface area contributed by atoms with Crippen molar-refractivity contribution in [1.82, 2.24) is 19.9 Å². The van der Waals surface area contributed by atoms with E-state index in [4.69, 9.17) is 11.6 Å². The van der Waals surface area contributed by atoms with Gasteiger partial charge in [0.05, 0.1) is 16.7 Å². The molecule has 4 rings (SSSR count). The number of imidazole rings is 2. The molecule has 114 valence electrons. The van der Waals surface area contributed by atoms with Crippen molar-refractivity contribution in [3.63, 3.8) is 0 Å². The van der Waals surface area contributed by atoms with Gasteiger partial charge in [-0.15, -0.1) is 0 Å². The Morgan fingerprint density at radius 2 is 1.57 bits per heavy atom. The van der Waals surface area contributed by atoms with Gasteiger partial charge in [-0.05, 0) is 32.0 Å². The van der Waals surface area contributed by atoms with Crippen molar-refractivity contribution in [2.75, 3.05) is 0 Å². The summed E-state index contributed by atoms with van der Waals surface area (Å²) in [6.07, 6.45) is 0. The van der Waals surface area contributed by atoms with Gasteiger partial charge in [0.2, 0.25) is 0 Å². The van der Waals surface area contributed by atoms with Crippen LogP contribution in [-0.4, -0.2) is 19.9 Å². The summed E-state index contributed by atoms with van der Waals surface area (Å²) >= 11 is 6.06. The van der Waals surface area contributed by atoms with E-state index in [0.717, 1.165) is 45.2 Å². The van der Waals surface area contributed by atoms with E-state index in [1.54, 1.807) is 0 Å². The summed E-state index contributed by atoms with van der Waals surface area (Å²) < 4.78 is 0. The highest BCUT2D eigenvalue weighted by atomic mass is 35.5. The Bertz CT molecular complexity index is 993. The Labute approximate surface area is 138 Å². The summed E-state index contributed by atoms with van der Waals surface area (Å²) in [5, 5.41) is 0.693. The lowest BCUT2D eigenvalue weighted by Gasteiger charge is -2.04. The molecule has 0 fully saturated rings. The van der Waals surface area contributed by atoms with Crippen molar-refractivity contribution in [3.8, 4) is 22.8 Å². The number of nitrogens with one attached hydrogen (secondary N) is 2. The van der Waals surface area contributed by atoms with Crippen LogP contribution in [0.3, 0.4) is 0 Å². The molecule has 2 N–H and O–H groups in total. The highest BCUT2D eigenvalue weighted by molar-refractivity contribution is 6.31. The second-order valence-corrected chi connectivity index (χ2v) is 6.02. The van der Waals surface area contributed by atoms with Crippen LogP contribution in [0.5, 0.6) is 0 Å². The molecule has 0 unspecified atom stereocenters. The van der Waals surface area contributed by atoms with Crippen LogP contribution in [0.2, 0.25) is 5.02 Å². The number of hydrogen-bond acceptors (Lipinski definition) is 2. The molecule has 0 bridgehead atoms. The Morgan fingerprint density at radius 3 is 2.22 bits per heavy atom. The molecule has 5 heteroatoms. The minimum absolute atomic E-state index is 0.693. The summed E-state index contributed by atoms with van der Waals surface area (Å²) in [5.74, 6) is 1.67. The smallest absolute Gasteiger partial charge is 0.139 e. The molecule has 0 spiro atoms. The van der Waals surface area contributed by atoms with Gasteiger partial charge >= 0.3 is 0 Å². The number of benzene rings is 2. The number of fused-ring (bicyclic) bond motifs is 1. The highest BCUT2D eigenvalue weighted by Crippen LogP contribution is 2.31. The third-order valence-electron chi connectivity index (χ3n) is 4.01. The van der Waals surface area contributed by atoms with E-state index in [0.29, 0.717) is 5.02 Å². The number of H-pyrrole nitrogens is 2. The molecule has 4 aromatic rings. The van der Waals surface area contributed by atoms with E-state index < -0.39 is 0 Å². The fraction of sp³-hybridized carbons (Fsp3) is 0.111. The van der Waals surface area contributed by atoms with Crippen molar-refractivity contribution in [3.05, 3.63) is 58.9 Å². The lowest BCUT2D eigenvalue weighted by Crippen LogP contribution is -1.88. The zero-order chi connectivity index (χ0) is 16.0. The Hall–Kier alpha value is -2.59. The number of aryl methyl sites for hydroxylation is 2. The predicted molar refractivity (Wildman–Crippen MR) is 93.6 cm³/mol. The fourth-order valence-corrected chi connectivity index (χ4v) is 2.85. The van der Waals surface area contributed by atoms with Gasteiger partial charge in [0.15, 0.2) is 0 Å². The van der Waals surface area contributed by atoms with Gasteiger partial charge in [-0.3, -0.25) is 0 Å². The molecule has 0 aliphatic rings. The summed E-state index contributed by atoms with van der Waals surface area (Å²) in [7, 11) is 0. The molecule has 0 aliphatic carbocycles. The van der Waals surface area contributed by atoms with Crippen molar-refractivity contribution in [2.24, 2.45) is 0 Å². The molecule has 0 atom stereocenters. The fourth-order valence-electron chi connectivity index (χ4n) is 2.68. The SMILES string of the molecule is Cc1nc(-c2ccccc2-c2nc3ccc(Cl)cc3[nH]2)[nH]c1C. The van der Waals surface area contributed by atoms with Crippen LogP contribution in [0.15, 0.2) is 42.5 Å². The van der Waals surface area contributed by atoms with Crippen LogP contribution in [0.4, 0.5) is 0 Å². The second kappa shape index (κ2) is 5.25. The predicted octanol–water partition coefficient (Wildman–Crippen LogP) is 4.89. The van der Waals surface area contributed by atoms with E-state index in [9.17, 15) is 0 Å². The first-order valence-corrected chi connectivity index (χ1v) is 7.78. The molecule has 0 amide bonds. The van der Waals surface area contributed by atoms with E-state index in [1.165, 1.54) is 0 Å². The van der Waals surface area contributed by atoms with Gasteiger partial charge < -0.3 is 9.97 Å². The molecule has 2 aromatic carbocycles. The molecular weight excluding hydrogens is 308 g/mol. The number of rotatable bonds is 2. The molecule has 4 nitrogen and oxygen atoms in total. The van der Waals surface area contributed by atoms with E-state index in [1.807, 2.05) is 56.3 Å². The minimum Gasteiger partial charge on any atom is -0.342 e. The summed E-state index contributed by atoms with van der Waals surface area (Å²) in [6.45, 7) is 4.03. The maximum absolute atomic E-state index is 6.06. The zero-order valence-corrected chi connectivity index (χ0v) is 13.6. The summed E-state index contributed by atoms with van der Waals surface area (Å²) in [5.41, 5.74) is 5.93. The number of aromatic amines is 2. The third kappa shape index (κ3) is 2.41. The monoisotopic (exact) mass is 322 g/mol.